The summed E-state index contributed by atoms with van der Waals surface area (Å²) in [5.41, 5.74) is 16.0. The number of carbonyl (C=O) groups is 4. The Labute approximate surface area is 192 Å². The Balaban J connectivity index is 5.31. The summed E-state index contributed by atoms with van der Waals surface area (Å²) in [4.78, 5) is 52.7. The van der Waals surface area contributed by atoms with Crippen LogP contribution in [-0.2, 0) is 19.2 Å². The highest BCUT2D eigenvalue weighted by molar-refractivity contribution is 5.94. The molecular weight excluding hydrogens is 438 g/mol. The molecule has 0 aromatic carbocycles. The highest BCUT2D eigenvalue weighted by Crippen LogP contribution is 2.06. The monoisotopic (exact) mass is 475 g/mol. The lowest BCUT2D eigenvalue weighted by atomic mass is 10.0. The number of nitrogens with zero attached hydrogens (tertiary/aromatic N) is 1. The smallest absolute Gasteiger partial charge is 0.326 e. The molecule has 0 fully saturated rings. The highest BCUT2D eigenvalue weighted by atomic mass is 16.4. The zero-order chi connectivity index (χ0) is 25.9. The molecule has 6 unspecified atom stereocenters. The lowest BCUT2D eigenvalue weighted by Crippen LogP contribution is -2.61. The average molecular weight is 476 g/mol. The van der Waals surface area contributed by atoms with Crippen molar-refractivity contribution in [3.63, 3.8) is 0 Å². The van der Waals surface area contributed by atoms with Crippen molar-refractivity contribution in [2.24, 2.45) is 28.1 Å². The molecule has 33 heavy (non-hydrogen) atoms. The number of carbonyl (C=O) groups excluding carboxylic acids is 3. The fraction of sp³-hybridized carbons (Fsp3) is 0.737. The second-order valence-corrected chi connectivity index (χ2v) is 8.07. The standard InChI is InChI=1S/C19H37N7O7/c1-8(2)13(25-15(29)12(20)9(3)27)16(30)26-14(10(4)28)17(31)24-11(18(32)33)6-5-7-23-19(21)22/h8-14,27-28H,5-7,20H2,1-4H3,(H,24,31)(H,25,29)(H,26,30)(H,32,33)(H4,21,22,23). The number of aliphatic imine (C=N–C) groups is 1. The van der Waals surface area contributed by atoms with Crippen LogP contribution in [0, 0.1) is 5.92 Å². The van der Waals surface area contributed by atoms with Gasteiger partial charge in [0.15, 0.2) is 5.96 Å². The van der Waals surface area contributed by atoms with E-state index in [1.54, 1.807) is 13.8 Å². The van der Waals surface area contributed by atoms with Gasteiger partial charge in [0.1, 0.15) is 24.2 Å². The van der Waals surface area contributed by atoms with Gasteiger partial charge in [0.25, 0.3) is 0 Å². The summed E-state index contributed by atoms with van der Waals surface area (Å²) in [6, 6.07) is -5.22. The summed E-state index contributed by atoms with van der Waals surface area (Å²) < 4.78 is 0. The summed E-state index contributed by atoms with van der Waals surface area (Å²) in [5.74, 6) is -4.40. The van der Waals surface area contributed by atoms with Crippen LogP contribution in [0.4, 0.5) is 0 Å². The Hall–Kier alpha value is -2.97. The molecule has 0 aliphatic carbocycles. The first-order valence-corrected chi connectivity index (χ1v) is 10.5. The van der Waals surface area contributed by atoms with Gasteiger partial charge in [0.2, 0.25) is 17.7 Å². The Bertz CT molecular complexity index is 709. The molecule has 0 aliphatic heterocycles. The largest absolute Gasteiger partial charge is 0.480 e. The fourth-order valence-electron chi connectivity index (χ4n) is 2.67. The predicted molar refractivity (Wildman–Crippen MR) is 120 cm³/mol. The molecule has 190 valence electrons. The minimum absolute atomic E-state index is 0.000236. The fourth-order valence-corrected chi connectivity index (χ4v) is 2.67. The number of guanidine groups is 1. The van der Waals surface area contributed by atoms with Crippen molar-refractivity contribution in [3.8, 4) is 0 Å². The second kappa shape index (κ2) is 14.2. The van der Waals surface area contributed by atoms with E-state index in [1.807, 2.05) is 0 Å². The molecule has 14 heteroatoms. The molecule has 0 rings (SSSR count). The van der Waals surface area contributed by atoms with Crippen LogP contribution in [0.3, 0.4) is 0 Å². The predicted octanol–water partition coefficient (Wildman–Crippen LogP) is -3.68. The number of hydrogen-bond acceptors (Lipinski definition) is 8. The van der Waals surface area contributed by atoms with Crippen LogP contribution in [-0.4, -0.2) is 87.9 Å². The number of aliphatic hydroxyl groups is 2. The van der Waals surface area contributed by atoms with E-state index in [2.05, 4.69) is 20.9 Å². The molecule has 0 bridgehead atoms. The third-order valence-electron chi connectivity index (χ3n) is 4.69. The molecule has 0 aromatic heterocycles. The lowest BCUT2D eigenvalue weighted by Gasteiger charge is -2.28. The van der Waals surface area contributed by atoms with Crippen LogP contribution in [0.25, 0.3) is 0 Å². The summed E-state index contributed by atoms with van der Waals surface area (Å²) in [5, 5.41) is 35.8. The van der Waals surface area contributed by atoms with Crippen molar-refractivity contribution in [3.05, 3.63) is 0 Å². The maximum Gasteiger partial charge on any atom is 0.326 e. The molecule has 12 N–H and O–H groups in total. The first-order chi connectivity index (χ1) is 15.2. The summed E-state index contributed by atoms with van der Waals surface area (Å²) >= 11 is 0. The van der Waals surface area contributed by atoms with Crippen molar-refractivity contribution in [1.29, 1.82) is 0 Å². The van der Waals surface area contributed by atoms with Gasteiger partial charge in [0, 0.05) is 6.54 Å². The highest BCUT2D eigenvalue weighted by Gasteiger charge is 2.34. The van der Waals surface area contributed by atoms with Crippen molar-refractivity contribution in [2.75, 3.05) is 6.54 Å². The quantitative estimate of drug-likeness (QED) is 0.0675. The number of carboxylic acids is 1. The molecule has 0 aromatic rings. The van der Waals surface area contributed by atoms with Crippen LogP contribution in [0.15, 0.2) is 4.99 Å². The number of rotatable bonds is 14. The number of carboxylic acid groups (broad SMARTS) is 1. The summed E-state index contributed by atoms with van der Waals surface area (Å²) in [6.07, 6.45) is -2.28. The molecule has 3 amide bonds. The Morgan fingerprint density at radius 1 is 0.848 bits per heavy atom. The molecule has 0 saturated carbocycles. The number of nitrogens with one attached hydrogen (secondary N) is 3. The second-order valence-electron chi connectivity index (χ2n) is 8.07. The molecule has 0 saturated heterocycles. The van der Waals surface area contributed by atoms with Crippen molar-refractivity contribution in [1.82, 2.24) is 16.0 Å². The molecule has 0 aliphatic rings. The van der Waals surface area contributed by atoms with E-state index >= 15 is 0 Å². The topological polar surface area (TPSA) is 255 Å². The minimum Gasteiger partial charge on any atom is -0.480 e. The number of nitrogens with two attached hydrogens (primary N) is 3. The first-order valence-electron chi connectivity index (χ1n) is 10.5. The molecule has 14 nitrogen and oxygen atoms in total. The normalized spacial score (nSPS) is 16.5. The van der Waals surface area contributed by atoms with Crippen LogP contribution in [0.2, 0.25) is 0 Å². The van der Waals surface area contributed by atoms with E-state index in [4.69, 9.17) is 17.2 Å². The van der Waals surface area contributed by atoms with Gasteiger partial charge in [-0.1, -0.05) is 13.8 Å². The van der Waals surface area contributed by atoms with Crippen LogP contribution in [0.5, 0.6) is 0 Å². The number of hydrogen-bond donors (Lipinski definition) is 9. The van der Waals surface area contributed by atoms with Crippen molar-refractivity contribution >= 4 is 29.7 Å². The number of aliphatic carboxylic acids is 1. The van der Waals surface area contributed by atoms with E-state index in [-0.39, 0.29) is 25.3 Å². The van der Waals surface area contributed by atoms with Gasteiger partial charge < -0.3 is 48.5 Å². The van der Waals surface area contributed by atoms with Crippen LogP contribution >= 0.6 is 0 Å². The van der Waals surface area contributed by atoms with Crippen LogP contribution in [0.1, 0.15) is 40.5 Å². The number of aliphatic hydroxyl groups excluding tert-OH is 2. The first kappa shape index (κ1) is 30.0. The summed E-state index contributed by atoms with van der Waals surface area (Å²) in [6.45, 7) is 5.98. The Kier molecular flexibility index (Phi) is 13.0. The summed E-state index contributed by atoms with van der Waals surface area (Å²) in [7, 11) is 0. The third kappa shape index (κ3) is 10.9. The molecular formula is C19H37N7O7. The van der Waals surface area contributed by atoms with Gasteiger partial charge in [-0.3, -0.25) is 19.4 Å². The van der Waals surface area contributed by atoms with E-state index in [1.165, 1.54) is 13.8 Å². The average Bonchev–Trinajstić information content (AvgIpc) is 2.70. The van der Waals surface area contributed by atoms with Gasteiger partial charge in [-0.15, -0.1) is 0 Å². The Morgan fingerprint density at radius 3 is 1.79 bits per heavy atom. The van der Waals surface area contributed by atoms with Gasteiger partial charge >= 0.3 is 5.97 Å². The SMILES string of the molecule is CC(C)C(NC(=O)C(N)C(C)O)C(=O)NC(C(=O)NC(CCCN=C(N)N)C(=O)O)C(C)O. The molecule has 0 radical (unpaired) electrons. The van der Waals surface area contributed by atoms with Crippen molar-refractivity contribution < 1.29 is 34.5 Å². The van der Waals surface area contributed by atoms with E-state index in [0.717, 1.165) is 0 Å². The van der Waals surface area contributed by atoms with Crippen LogP contribution < -0.4 is 33.2 Å². The third-order valence-corrected chi connectivity index (χ3v) is 4.69. The molecule has 6 atom stereocenters. The zero-order valence-electron chi connectivity index (χ0n) is 19.3. The van der Waals surface area contributed by atoms with E-state index < -0.39 is 66.0 Å². The zero-order valence-corrected chi connectivity index (χ0v) is 19.3. The van der Waals surface area contributed by atoms with Gasteiger partial charge in [0.05, 0.1) is 12.2 Å². The lowest BCUT2D eigenvalue weighted by molar-refractivity contribution is -0.143. The van der Waals surface area contributed by atoms with E-state index in [9.17, 15) is 34.5 Å². The minimum atomic E-state index is -1.50. The van der Waals surface area contributed by atoms with Gasteiger partial charge in [-0.2, -0.15) is 0 Å². The van der Waals surface area contributed by atoms with Gasteiger partial charge in [-0.05, 0) is 32.6 Å². The molecule has 0 heterocycles. The van der Waals surface area contributed by atoms with E-state index in [0.29, 0.717) is 0 Å². The number of amides is 3. The molecule has 0 spiro atoms. The maximum atomic E-state index is 12.8. The Morgan fingerprint density at radius 2 is 1.36 bits per heavy atom. The van der Waals surface area contributed by atoms with Crippen molar-refractivity contribution in [2.45, 2.75) is 76.9 Å². The van der Waals surface area contributed by atoms with Gasteiger partial charge in [-0.25, -0.2) is 4.79 Å². The maximum absolute atomic E-state index is 12.8.